The third-order valence-corrected chi connectivity index (χ3v) is 5.10. The Balaban J connectivity index is 2.03. The molecule has 0 spiro atoms. The van der Waals surface area contributed by atoms with E-state index in [2.05, 4.69) is 18.7 Å². The fraction of sp³-hybridized carbons (Fsp3) is 0.938. The third kappa shape index (κ3) is 3.34. The molecule has 3 atom stereocenters. The Kier molecular flexibility index (Phi) is 5.44. The molecule has 2 saturated heterocycles. The van der Waals surface area contributed by atoms with Crippen molar-refractivity contribution in [3.63, 3.8) is 0 Å². The number of carbonyl (C=O) groups is 1. The molecule has 0 amide bonds. The van der Waals surface area contributed by atoms with Gasteiger partial charge in [0.2, 0.25) is 0 Å². The van der Waals surface area contributed by atoms with Gasteiger partial charge in [0.15, 0.2) is 0 Å². The van der Waals surface area contributed by atoms with Crippen LogP contribution in [0.1, 0.15) is 58.8 Å². The first kappa shape index (κ1) is 15.8. The van der Waals surface area contributed by atoms with Gasteiger partial charge in [0.05, 0.1) is 11.5 Å². The molecule has 2 heterocycles. The lowest BCUT2D eigenvalue weighted by Gasteiger charge is -2.45. The summed E-state index contributed by atoms with van der Waals surface area (Å²) in [6.07, 6.45) is 7.15. The van der Waals surface area contributed by atoms with Crippen molar-refractivity contribution >= 4 is 5.97 Å². The molecule has 0 aliphatic carbocycles. The van der Waals surface area contributed by atoms with Crippen molar-refractivity contribution in [1.82, 2.24) is 4.90 Å². The second kappa shape index (κ2) is 6.90. The van der Waals surface area contributed by atoms with Crippen molar-refractivity contribution in [1.29, 1.82) is 0 Å². The molecule has 2 rings (SSSR count). The summed E-state index contributed by atoms with van der Waals surface area (Å²) in [5, 5.41) is 9.68. The first-order valence-electron chi connectivity index (χ1n) is 8.20. The summed E-state index contributed by atoms with van der Waals surface area (Å²) < 4.78 is 5.75. The van der Waals surface area contributed by atoms with Crippen LogP contribution in [0.2, 0.25) is 0 Å². The molecule has 1 N–H and O–H groups in total. The largest absolute Gasteiger partial charge is 0.481 e. The molecule has 2 aliphatic heterocycles. The Labute approximate surface area is 122 Å². The number of hydrogen-bond acceptors (Lipinski definition) is 3. The molecule has 4 nitrogen and oxygen atoms in total. The molecule has 2 aliphatic rings. The Morgan fingerprint density at radius 3 is 2.90 bits per heavy atom. The van der Waals surface area contributed by atoms with E-state index >= 15 is 0 Å². The van der Waals surface area contributed by atoms with Crippen molar-refractivity contribution < 1.29 is 14.6 Å². The number of carboxylic acids is 1. The van der Waals surface area contributed by atoms with E-state index in [0.717, 1.165) is 64.6 Å². The summed E-state index contributed by atoms with van der Waals surface area (Å²) in [5.74, 6) is -0.594. The predicted molar refractivity (Wildman–Crippen MR) is 78.8 cm³/mol. The van der Waals surface area contributed by atoms with Crippen LogP contribution in [0.15, 0.2) is 0 Å². The molecule has 116 valence electrons. The van der Waals surface area contributed by atoms with Crippen LogP contribution in [0, 0.1) is 5.41 Å². The average Bonchev–Trinajstić information content (AvgIpc) is 2.48. The van der Waals surface area contributed by atoms with Crippen molar-refractivity contribution in [3.8, 4) is 0 Å². The van der Waals surface area contributed by atoms with Crippen LogP contribution in [0.25, 0.3) is 0 Å². The van der Waals surface area contributed by atoms with Gasteiger partial charge in [0.25, 0.3) is 0 Å². The number of ether oxygens (including phenoxy) is 1. The van der Waals surface area contributed by atoms with Gasteiger partial charge in [-0.25, -0.2) is 0 Å². The number of hydrogen-bond donors (Lipinski definition) is 1. The maximum Gasteiger partial charge on any atom is 0.310 e. The lowest BCUT2D eigenvalue weighted by atomic mass is 9.75. The fourth-order valence-electron chi connectivity index (χ4n) is 3.92. The summed E-state index contributed by atoms with van der Waals surface area (Å²) in [4.78, 5) is 14.2. The molecule has 0 bridgehead atoms. The minimum Gasteiger partial charge on any atom is -0.481 e. The molecule has 0 aromatic carbocycles. The van der Waals surface area contributed by atoms with Gasteiger partial charge in [-0.3, -0.25) is 9.69 Å². The third-order valence-electron chi connectivity index (χ3n) is 5.10. The zero-order chi connectivity index (χ0) is 14.6. The number of likely N-dealkylation sites (tertiary alicyclic amines) is 1. The summed E-state index contributed by atoms with van der Waals surface area (Å²) >= 11 is 0. The van der Waals surface area contributed by atoms with E-state index < -0.39 is 11.4 Å². The van der Waals surface area contributed by atoms with E-state index in [9.17, 15) is 9.90 Å². The number of aliphatic carboxylic acids is 1. The van der Waals surface area contributed by atoms with E-state index in [1.165, 1.54) is 0 Å². The molecular weight excluding hydrogens is 254 g/mol. The lowest BCUT2D eigenvalue weighted by molar-refractivity contribution is -0.155. The topological polar surface area (TPSA) is 49.8 Å². The van der Waals surface area contributed by atoms with Crippen molar-refractivity contribution in [2.24, 2.45) is 5.41 Å². The first-order chi connectivity index (χ1) is 9.61. The van der Waals surface area contributed by atoms with Gasteiger partial charge in [0.1, 0.15) is 0 Å². The average molecular weight is 283 g/mol. The van der Waals surface area contributed by atoms with Crippen LogP contribution in [0.4, 0.5) is 0 Å². The second-order valence-electron chi connectivity index (χ2n) is 6.49. The molecule has 0 radical (unpaired) electrons. The van der Waals surface area contributed by atoms with Crippen LogP contribution >= 0.6 is 0 Å². The Hall–Kier alpha value is -0.610. The molecule has 0 saturated carbocycles. The standard InChI is InChI=1S/C16H29NO3/c1-3-7-16(15(18)19)8-5-9-17(12-16)13-6-10-20-14(4-2)11-13/h13-14H,3-12H2,1-2H3,(H,18,19). The molecular formula is C16H29NO3. The van der Waals surface area contributed by atoms with Gasteiger partial charge >= 0.3 is 5.97 Å². The molecule has 2 fully saturated rings. The summed E-state index contributed by atoms with van der Waals surface area (Å²) in [6, 6.07) is 0.518. The maximum atomic E-state index is 11.8. The zero-order valence-corrected chi connectivity index (χ0v) is 12.9. The van der Waals surface area contributed by atoms with E-state index in [4.69, 9.17) is 4.74 Å². The van der Waals surface area contributed by atoms with Gasteiger partial charge in [-0.15, -0.1) is 0 Å². The highest BCUT2D eigenvalue weighted by Crippen LogP contribution is 2.37. The number of piperidine rings is 1. The highest BCUT2D eigenvalue weighted by atomic mass is 16.5. The highest BCUT2D eigenvalue weighted by Gasteiger charge is 2.43. The minimum absolute atomic E-state index is 0.362. The Morgan fingerprint density at radius 2 is 2.25 bits per heavy atom. The lowest BCUT2D eigenvalue weighted by Crippen LogP contribution is -2.53. The van der Waals surface area contributed by atoms with Gasteiger partial charge < -0.3 is 9.84 Å². The van der Waals surface area contributed by atoms with Gasteiger partial charge in [-0.05, 0) is 45.1 Å². The van der Waals surface area contributed by atoms with E-state index in [0.29, 0.717) is 12.1 Å². The van der Waals surface area contributed by atoms with Crippen molar-refractivity contribution in [2.45, 2.75) is 70.9 Å². The van der Waals surface area contributed by atoms with Crippen LogP contribution in [-0.2, 0) is 9.53 Å². The van der Waals surface area contributed by atoms with Crippen molar-refractivity contribution in [3.05, 3.63) is 0 Å². The Bertz CT molecular complexity index is 330. The zero-order valence-electron chi connectivity index (χ0n) is 12.9. The van der Waals surface area contributed by atoms with Gasteiger partial charge in [0, 0.05) is 19.2 Å². The fourth-order valence-corrected chi connectivity index (χ4v) is 3.92. The number of rotatable bonds is 5. The second-order valence-corrected chi connectivity index (χ2v) is 6.49. The molecule has 20 heavy (non-hydrogen) atoms. The first-order valence-corrected chi connectivity index (χ1v) is 8.20. The van der Waals surface area contributed by atoms with Crippen LogP contribution in [0.3, 0.4) is 0 Å². The normalized spacial score (nSPS) is 35.9. The van der Waals surface area contributed by atoms with E-state index in [1.807, 2.05) is 0 Å². The maximum absolute atomic E-state index is 11.8. The molecule has 3 unspecified atom stereocenters. The predicted octanol–water partition coefficient (Wildman–Crippen LogP) is 2.91. The van der Waals surface area contributed by atoms with Gasteiger partial charge in [-0.2, -0.15) is 0 Å². The highest BCUT2D eigenvalue weighted by molar-refractivity contribution is 5.75. The summed E-state index contributed by atoms with van der Waals surface area (Å²) in [7, 11) is 0. The monoisotopic (exact) mass is 283 g/mol. The van der Waals surface area contributed by atoms with Crippen LogP contribution in [0.5, 0.6) is 0 Å². The summed E-state index contributed by atoms with van der Waals surface area (Å²) in [6.45, 7) is 6.87. The van der Waals surface area contributed by atoms with Crippen molar-refractivity contribution in [2.75, 3.05) is 19.7 Å². The number of carboxylic acid groups (broad SMARTS) is 1. The quantitative estimate of drug-likeness (QED) is 0.843. The molecule has 0 aromatic heterocycles. The molecule has 4 heteroatoms. The van der Waals surface area contributed by atoms with E-state index in [-0.39, 0.29) is 0 Å². The SMILES string of the molecule is CCCC1(C(=O)O)CCCN(C2CCOC(CC)C2)C1. The number of nitrogens with zero attached hydrogens (tertiary/aromatic N) is 1. The molecule has 0 aromatic rings. The van der Waals surface area contributed by atoms with Gasteiger partial charge in [-0.1, -0.05) is 20.3 Å². The smallest absolute Gasteiger partial charge is 0.310 e. The van der Waals surface area contributed by atoms with Crippen LogP contribution < -0.4 is 0 Å². The Morgan fingerprint density at radius 1 is 1.45 bits per heavy atom. The summed E-state index contributed by atoms with van der Waals surface area (Å²) in [5.41, 5.74) is -0.507. The van der Waals surface area contributed by atoms with E-state index in [1.54, 1.807) is 0 Å². The minimum atomic E-state index is -0.594. The van der Waals surface area contributed by atoms with Crippen LogP contribution in [-0.4, -0.2) is 47.8 Å².